The third-order valence-corrected chi connectivity index (χ3v) is 4.05. The lowest BCUT2D eigenvalue weighted by atomic mass is 9.98. The summed E-state index contributed by atoms with van der Waals surface area (Å²) in [7, 11) is 0. The van der Waals surface area contributed by atoms with Crippen molar-refractivity contribution in [3.05, 3.63) is 22.7 Å². The maximum Gasteiger partial charge on any atom is 0.0656 e. The van der Waals surface area contributed by atoms with E-state index in [1.54, 1.807) is 0 Å². The number of piperidine rings is 1. The van der Waals surface area contributed by atoms with Crippen molar-refractivity contribution in [1.82, 2.24) is 0 Å². The molecule has 1 fully saturated rings. The monoisotopic (exact) mass is 252 g/mol. The zero-order valence-corrected chi connectivity index (χ0v) is 11.4. The lowest BCUT2D eigenvalue weighted by molar-refractivity contribution is 0.449. The van der Waals surface area contributed by atoms with Crippen LogP contribution in [0.15, 0.2) is 12.1 Å². The van der Waals surface area contributed by atoms with E-state index < -0.39 is 0 Å². The topological polar surface area (TPSA) is 29.3 Å². The molecule has 1 aromatic rings. The Bertz CT molecular complexity index is 403. The molecule has 94 valence electrons. The lowest BCUT2D eigenvalue weighted by Gasteiger charge is -2.38. The van der Waals surface area contributed by atoms with Gasteiger partial charge in [0.1, 0.15) is 0 Å². The lowest BCUT2D eigenvalue weighted by Crippen LogP contribution is -2.39. The quantitative estimate of drug-likeness (QED) is 0.807. The average Bonchev–Trinajstić information content (AvgIpc) is 2.34. The molecule has 2 nitrogen and oxygen atoms in total. The molecule has 0 aliphatic carbocycles. The minimum Gasteiger partial charge on any atom is -0.398 e. The van der Waals surface area contributed by atoms with Gasteiger partial charge in [-0.15, -0.1) is 0 Å². The fourth-order valence-corrected chi connectivity index (χ4v) is 2.90. The molecule has 3 heteroatoms. The predicted molar refractivity (Wildman–Crippen MR) is 75.9 cm³/mol. The highest BCUT2D eigenvalue weighted by Crippen LogP contribution is 2.33. The van der Waals surface area contributed by atoms with E-state index in [4.69, 9.17) is 17.3 Å². The van der Waals surface area contributed by atoms with Crippen molar-refractivity contribution in [3.63, 3.8) is 0 Å². The van der Waals surface area contributed by atoms with Crippen LogP contribution in [0.5, 0.6) is 0 Å². The van der Waals surface area contributed by atoms with Crippen molar-refractivity contribution in [2.75, 3.05) is 17.2 Å². The molecule has 17 heavy (non-hydrogen) atoms. The van der Waals surface area contributed by atoms with Gasteiger partial charge in [0, 0.05) is 18.3 Å². The number of hydrogen-bond acceptors (Lipinski definition) is 2. The molecule has 2 rings (SSSR count). The molecule has 2 N–H and O–H groups in total. The summed E-state index contributed by atoms with van der Waals surface area (Å²) in [5.74, 6) is 0. The van der Waals surface area contributed by atoms with Crippen molar-refractivity contribution in [3.8, 4) is 0 Å². The molecule has 1 aromatic carbocycles. The largest absolute Gasteiger partial charge is 0.398 e. The van der Waals surface area contributed by atoms with Crippen LogP contribution >= 0.6 is 11.6 Å². The van der Waals surface area contributed by atoms with E-state index >= 15 is 0 Å². The molecule has 0 spiro atoms. The number of rotatable bonds is 2. The van der Waals surface area contributed by atoms with Gasteiger partial charge in [-0.1, -0.05) is 18.5 Å². The molecule has 1 aliphatic rings. The van der Waals surface area contributed by atoms with Gasteiger partial charge in [-0.3, -0.25) is 0 Å². The standard InChI is InChI=1S/C14H21ClN2/c1-3-11-6-4-5-7-17(11)14-9-12(15)13(16)8-10(14)2/h8-9,11H,3-7,16H2,1-2H3. The third kappa shape index (κ3) is 2.52. The normalized spacial score (nSPS) is 20.6. The Morgan fingerprint density at radius 2 is 2.18 bits per heavy atom. The zero-order chi connectivity index (χ0) is 12.4. The van der Waals surface area contributed by atoms with Crippen LogP contribution in [0.3, 0.4) is 0 Å². The summed E-state index contributed by atoms with van der Waals surface area (Å²) in [4.78, 5) is 2.50. The van der Waals surface area contributed by atoms with E-state index in [2.05, 4.69) is 18.7 Å². The highest BCUT2D eigenvalue weighted by atomic mass is 35.5. The maximum atomic E-state index is 6.14. The van der Waals surface area contributed by atoms with Crippen LogP contribution in [0.1, 0.15) is 38.2 Å². The average molecular weight is 253 g/mol. The van der Waals surface area contributed by atoms with Gasteiger partial charge in [-0.05, 0) is 50.3 Å². The first-order valence-electron chi connectivity index (χ1n) is 6.45. The Morgan fingerprint density at radius 3 is 2.88 bits per heavy atom. The second kappa shape index (κ2) is 5.18. The number of nitrogens with zero attached hydrogens (tertiary/aromatic N) is 1. The van der Waals surface area contributed by atoms with Crippen LogP contribution in [0, 0.1) is 6.92 Å². The summed E-state index contributed by atoms with van der Waals surface area (Å²) in [5, 5.41) is 0.672. The van der Waals surface area contributed by atoms with E-state index in [1.807, 2.05) is 12.1 Å². The van der Waals surface area contributed by atoms with Crippen molar-refractivity contribution >= 4 is 23.0 Å². The van der Waals surface area contributed by atoms with Gasteiger partial charge in [0.05, 0.1) is 10.7 Å². The van der Waals surface area contributed by atoms with E-state index in [0.717, 1.165) is 6.54 Å². The van der Waals surface area contributed by atoms with Crippen molar-refractivity contribution in [2.45, 2.75) is 45.6 Å². The number of benzene rings is 1. The molecular weight excluding hydrogens is 232 g/mol. The number of anilines is 2. The summed E-state index contributed by atoms with van der Waals surface area (Å²) >= 11 is 6.14. The van der Waals surface area contributed by atoms with Gasteiger partial charge >= 0.3 is 0 Å². The Hall–Kier alpha value is -0.890. The first-order valence-corrected chi connectivity index (χ1v) is 6.83. The summed E-state index contributed by atoms with van der Waals surface area (Å²) in [6.45, 7) is 5.51. The van der Waals surface area contributed by atoms with E-state index in [0.29, 0.717) is 16.8 Å². The van der Waals surface area contributed by atoms with Crippen molar-refractivity contribution in [1.29, 1.82) is 0 Å². The third-order valence-electron chi connectivity index (χ3n) is 3.72. The smallest absolute Gasteiger partial charge is 0.0656 e. The molecule has 0 aromatic heterocycles. The Labute approximate surface area is 109 Å². The van der Waals surface area contributed by atoms with Crippen molar-refractivity contribution in [2.24, 2.45) is 0 Å². The SMILES string of the molecule is CCC1CCCCN1c1cc(Cl)c(N)cc1C. The van der Waals surface area contributed by atoms with E-state index in [9.17, 15) is 0 Å². The predicted octanol–water partition coefficient (Wildman–Crippen LogP) is 4.00. The number of nitrogens with two attached hydrogens (primary N) is 1. The van der Waals surface area contributed by atoms with Crippen LogP contribution in [-0.4, -0.2) is 12.6 Å². The van der Waals surface area contributed by atoms with Gasteiger partial charge in [-0.2, -0.15) is 0 Å². The van der Waals surface area contributed by atoms with Gasteiger partial charge in [0.15, 0.2) is 0 Å². The molecule has 1 unspecified atom stereocenters. The number of halogens is 1. The van der Waals surface area contributed by atoms with Crippen LogP contribution in [0.2, 0.25) is 5.02 Å². The number of nitrogen functional groups attached to an aromatic ring is 1. The van der Waals surface area contributed by atoms with Gasteiger partial charge in [-0.25, -0.2) is 0 Å². The highest BCUT2D eigenvalue weighted by Gasteiger charge is 2.22. The summed E-state index contributed by atoms with van der Waals surface area (Å²) in [5.41, 5.74) is 9.00. The molecular formula is C14H21ClN2. The first kappa shape index (κ1) is 12.6. The number of hydrogen-bond donors (Lipinski definition) is 1. The van der Waals surface area contributed by atoms with E-state index in [-0.39, 0.29) is 0 Å². The van der Waals surface area contributed by atoms with Gasteiger partial charge in [0.2, 0.25) is 0 Å². The van der Waals surface area contributed by atoms with Gasteiger partial charge < -0.3 is 10.6 Å². The molecule has 0 bridgehead atoms. The van der Waals surface area contributed by atoms with Crippen LogP contribution in [-0.2, 0) is 0 Å². The fourth-order valence-electron chi connectivity index (χ4n) is 2.74. The summed E-state index contributed by atoms with van der Waals surface area (Å²) < 4.78 is 0. The Kier molecular flexibility index (Phi) is 3.82. The minimum atomic E-state index is 0.655. The Morgan fingerprint density at radius 1 is 1.41 bits per heavy atom. The van der Waals surface area contributed by atoms with Crippen molar-refractivity contribution < 1.29 is 0 Å². The zero-order valence-electron chi connectivity index (χ0n) is 10.7. The highest BCUT2D eigenvalue weighted by molar-refractivity contribution is 6.33. The molecule has 1 heterocycles. The maximum absolute atomic E-state index is 6.14. The van der Waals surface area contributed by atoms with E-state index in [1.165, 1.54) is 36.9 Å². The molecule has 1 saturated heterocycles. The summed E-state index contributed by atoms with van der Waals surface area (Å²) in [6.07, 6.45) is 5.11. The molecule has 1 atom stereocenters. The first-order chi connectivity index (χ1) is 8.13. The van der Waals surface area contributed by atoms with Crippen LogP contribution in [0.4, 0.5) is 11.4 Å². The number of aryl methyl sites for hydroxylation is 1. The molecule has 1 aliphatic heterocycles. The summed E-state index contributed by atoms with van der Waals surface area (Å²) in [6, 6.07) is 4.67. The van der Waals surface area contributed by atoms with Crippen LogP contribution in [0.25, 0.3) is 0 Å². The molecule has 0 amide bonds. The molecule has 0 radical (unpaired) electrons. The van der Waals surface area contributed by atoms with Crippen LogP contribution < -0.4 is 10.6 Å². The van der Waals surface area contributed by atoms with Gasteiger partial charge in [0.25, 0.3) is 0 Å². The second-order valence-corrected chi connectivity index (χ2v) is 5.32. The fraction of sp³-hybridized carbons (Fsp3) is 0.571. The molecule has 0 saturated carbocycles. The minimum absolute atomic E-state index is 0.655. The second-order valence-electron chi connectivity index (χ2n) is 4.91. The Balaban J connectivity index is 2.34.